The number of hydrogen-bond donors (Lipinski definition) is 3. The highest BCUT2D eigenvalue weighted by Gasteiger charge is 2.21. The van der Waals surface area contributed by atoms with Crippen LogP contribution in [0.4, 0.5) is 17.4 Å². The Morgan fingerprint density at radius 2 is 1.73 bits per heavy atom. The molecule has 0 radical (unpaired) electrons. The van der Waals surface area contributed by atoms with Gasteiger partial charge in [0.05, 0.1) is 4.90 Å². The number of piperazine rings is 1. The fourth-order valence-electron chi connectivity index (χ4n) is 4.39. The largest absolute Gasteiger partial charge is 0.506 e. The molecule has 1 aliphatic rings. The van der Waals surface area contributed by atoms with Crippen LogP contribution in [0.5, 0.6) is 5.75 Å². The van der Waals surface area contributed by atoms with Crippen LogP contribution in [0.25, 0.3) is 22.2 Å². The minimum absolute atomic E-state index is 0.131. The van der Waals surface area contributed by atoms with Gasteiger partial charge in [-0.15, -0.1) is 0 Å². The Morgan fingerprint density at radius 1 is 1.03 bits per heavy atom. The van der Waals surface area contributed by atoms with Gasteiger partial charge in [-0.3, -0.25) is 0 Å². The standard InChI is InChI=1S/C26H26N4O6S/c1-29-9-11-30(12-10-29)17-13-16(14-18(15-17)37(2,34)35)27-26-28-22-8-4-6-20(24(22)36-26)19-5-3-7-21(23(19)31)25(32)33/h3-8,13-15,31H,9-12H2,1-2H3,(H,27,28)(H,32,33). The number of aromatic hydroxyl groups is 1. The molecule has 0 saturated carbocycles. The summed E-state index contributed by atoms with van der Waals surface area (Å²) >= 11 is 0. The van der Waals surface area contributed by atoms with Crippen LogP contribution >= 0.6 is 0 Å². The minimum Gasteiger partial charge on any atom is -0.506 e. The number of carboxylic acids is 1. The molecule has 10 nitrogen and oxygen atoms in total. The van der Waals surface area contributed by atoms with E-state index >= 15 is 0 Å². The Kier molecular flexibility index (Phi) is 6.26. The number of carboxylic acid groups (broad SMARTS) is 1. The van der Waals surface area contributed by atoms with Gasteiger partial charge >= 0.3 is 5.97 Å². The predicted molar refractivity (Wildman–Crippen MR) is 141 cm³/mol. The topological polar surface area (TPSA) is 136 Å². The van der Waals surface area contributed by atoms with Crippen molar-refractivity contribution in [1.82, 2.24) is 9.88 Å². The zero-order chi connectivity index (χ0) is 26.3. The molecule has 37 heavy (non-hydrogen) atoms. The van der Waals surface area contributed by atoms with Crippen molar-refractivity contribution in [2.24, 2.45) is 0 Å². The fraction of sp³-hybridized carbons (Fsp3) is 0.231. The number of hydrogen-bond acceptors (Lipinski definition) is 9. The first kappa shape index (κ1) is 24.6. The minimum atomic E-state index is -3.48. The van der Waals surface area contributed by atoms with Gasteiger partial charge in [-0.1, -0.05) is 24.3 Å². The summed E-state index contributed by atoms with van der Waals surface area (Å²) in [4.78, 5) is 20.5. The van der Waals surface area contributed by atoms with Crippen LogP contribution in [0.1, 0.15) is 10.4 Å². The highest BCUT2D eigenvalue weighted by Crippen LogP contribution is 2.38. The number of sulfone groups is 1. The number of benzene rings is 3. The Balaban J connectivity index is 1.54. The molecule has 0 bridgehead atoms. The normalized spacial score (nSPS) is 14.7. The van der Waals surface area contributed by atoms with Crippen molar-refractivity contribution >= 4 is 44.3 Å². The zero-order valence-electron chi connectivity index (χ0n) is 20.3. The number of carbonyl (C=O) groups is 1. The maximum atomic E-state index is 12.4. The number of nitrogens with one attached hydrogen (secondary N) is 1. The monoisotopic (exact) mass is 522 g/mol. The molecule has 5 rings (SSSR count). The molecule has 11 heteroatoms. The number of phenols is 1. The molecule has 1 aliphatic heterocycles. The summed E-state index contributed by atoms with van der Waals surface area (Å²) in [7, 11) is -1.42. The van der Waals surface area contributed by atoms with Crippen LogP contribution in [0, 0.1) is 0 Å². The predicted octanol–water partition coefficient (Wildman–Crippen LogP) is 3.80. The lowest BCUT2D eigenvalue weighted by Gasteiger charge is -2.34. The van der Waals surface area contributed by atoms with Crippen LogP contribution in [0.15, 0.2) is 63.9 Å². The molecule has 192 valence electrons. The molecule has 1 aromatic heterocycles. The highest BCUT2D eigenvalue weighted by atomic mass is 32.2. The molecule has 0 spiro atoms. The SMILES string of the molecule is CN1CCN(c2cc(Nc3nc4cccc(-c5cccc(C(=O)O)c5O)c4o3)cc(S(C)(=O)=O)c2)CC1. The summed E-state index contributed by atoms with van der Waals surface area (Å²) in [6, 6.07) is 14.8. The Hall–Kier alpha value is -4.09. The number of likely N-dealkylation sites (N-methyl/N-ethyl adjacent to an activating group) is 1. The second kappa shape index (κ2) is 9.41. The number of para-hydroxylation sites is 2. The van der Waals surface area contributed by atoms with Gasteiger partial charge in [0.25, 0.3) is 6.01 Å². The van der Waals surface area contributed by atoms with Gasteiger partial charge in [0.2, 0.25) is 0 Å². The van der Waals surface area contributed by atoms with Crippen molar-refractivity contribution in [3.63, 3.8) is 0 Å². The van der Waals surface area contributed by atoms with Gasteiger partial charge in [0.1, 0.15) is 16.8 Å². The van der Waals surface area contributed by atoms with Gasteiger partial charge in [-0.2, -0.15) is 4.98 Å². The van der Waals surface area contributed by atoms with E-state index in [9.17, 15) is 23.4 Å². The van der Waals surface area contributed by atoms with Crippen LogP contribution in [0.3, 0.4) is 0 Å². The van der Waals surface area contributed by atoms with E-state index in [1.807, 2.05) is 6.07 Å². The third-order valence-corrected chi connectivity index (χ3v) is 7.50. The van der Waals surface area contributed by atoms with E-state index in [1.54, 1.807) is 36.4 Å². The van der Waals surface area contributed by atoms with Gasteiger partial charge in [-0.25, -0.2) is 13.2 Å². The summed E-state index contributed by atoms with van der Waals surface area (Å²) in [5.74, 6) is -1.61. The van der Waals surface area contributed by atoms with Crippen LogP contribution in [-0.4, -0.2) is 74.0 Å². The Labute approximate surface area is 213 Å². The Morgan fingerprint density at radius 3 is 2.43 bits per heavy atom. The third-order valence-electron chi connectivity index (χ3n) is 6.41. The van der Waals surface area contributed by atoms with Gasteiger partial charge < -0.3 is 29.7 Å². The summed E-state index contributed by atoms with van der Waals surface area (Å²) in [6.45, 7) is 3.29. The third kappa shape index (κ3) is 4.95. The molecular formula is C26H26N4O6S. The van der Waals surface area contributed by atoms with E-state index in [0.29, 0.717) is 27.9 Å². The highest BCUT2D eigenvalue weighted by molar-refractivity contribution is 7.90. The second-order valence-electron chi connectivity index (χ2n) is 9.08. The first-order valence-corrected chi connectivity index (χ1v) is 13.5. The summed E-state index contributed by atoms with van der Waals surface area (Å²) in [6.07, 6.45) is 1.17. The van der Waals surface area contributed by atoms with Crippen LogP contribution in [-0.2, 0) is 9.84 Å². The Bertz CT molecular complexity index is 1610. The number of aromatic nitrogens is 1. The van der Waals surface area contributed by atoms with E-state index in [2.05, 4.69) is 27.1 Å². The smallest absolute Gasteiger partial charge is 0.339 e. The first-order valence-electron chi connectivity index (χ1n) is 11.6. The number of rotatable bonds is 6. The van der Waals surface area contributed by atoms with E-state index in [1.165, 1.54) is 18.4 Å². The molecule has 0 aliphatic carbocycles. The van der Waals surface area contributed by atoms with E-state index in [-0.39, 0.29) is 22.2 Å². The van der Waals surface area contributed by atoms with Crippen molar-refractivity contribution in [2.45, 2.75) is 4.90 Å². The average molecular weight is 523 g/mol. The molecule has 3 N–H and O–H groups in total. The lowest BCUT2D eigenvalue weighted by molar-refractivity contribution is 0.0693. The van der Waals surface area contributed by atoms with Gasteiger partial charge in [-0.05, 0) is 37.4 Å². The molecule has 1 saturated heterocycles. The molecule has 1 fully saturated rings. The molecule has 3 aromatic carbocycles. The van der Waals surface area contributed by atoms with Crippen molar-refractivity contribution in [2.75, 3.05) is 49.7 Å². The van der Waals surface area contributed by atoms with Gasteiger partial charge in [0, 0.05) is 54.9 Å². The van der Waals surface area contributed by atoms with Crippen molar-refractivity contribution in [3.8, 4) is 16.9 Å². The summed E-state index contributed by atoms with van der Waals surface area (Å²) in [5.41, 5.74) is 2.67. The van der Waals surface area contributed by atoms with Crippen molar-refractivity contribution in [1.29, 1.82) is 0 Å². The maximum absolute atomic E-state index is 12.4. The maximum Gasteiger partial charge on any atom is 0.339 e. The molecule has 0 atom stereocenters. The number of anilines is 3. The van der Waals surface area contributed by atoms with Crippen molar-refractivity contribution in [3.05, 3.63) is 60.2 Å². The molecule has 2 heterocycles. The van der Waals surface area contributed by atoms with Gasteiger partial charge in [0.15, 0.2) is 15.4 Å². The lowest BCUT2D eigenvalue weighted by atomic mass is 10.0. The molecule has 0 unspecified atom stereocenters. The number of fused-ring (bicyclic) bond motifs is 1. The first-order chi connectivity index (χ1) is 17.6. The number of oxazole rings is 1. The second-order valence-corrected chi connectivity index (χ2v) is 11.1. The quantitative estimate of drug-likeness (QED) is 0.343. The lowest BCUT2D eigenvalue weighted by Crippen LogP contribution is -2.44. The fourth-order valence-corrected chi connectivity index (χ4v) is 5.06. The van der Waals surface area contributed by atoms with E-state index in [0.717, 1.165) is 31.9 Å². The van der Waals surface area contributed by atoms with E-state index < -0.39 is 15.8 Å². The molecule has 4 aromatic rings. The van der Waals surface area contributed by atoms with E-state index in [4.69, 9.17) is 4.42 Å². The molecule has 0 amide bonds. The number of aromatic carboxylic acids is 1. The molecular weight excluding hydrogens is 496 g/mol. The number of nitrogens with zero attached hydrogens (tertiary/aromatic N) is 3. The van der Waals surface area contributed by atoms with Crippen LogP contribution in [0.2, 0.25) is 0 Å². The van der Waals surface area contributed by atoms with Crippen LogP contribution < -0.4 is 10.2 Å². The average Bonchev–Trinajstić information content (AvgIpc) is 3.26. The van der Waals surface area contributed by atoms with Crippen molar-refractivity contribution < 1.29 is 27.8 Å². The summed E-state index contributed by atoms with van der Waals surface area (Å²) in [5, 5.41) is 23.0. The zero-order valence-corrected chi connectivity index (χ0v) is 21.1. The summed E-state index contributed by atoms with van der Waals surface area (Å²) < 4.78 is 30.8.